The molecule has 3 rings (SSSR count). The molecular formula is C20H13Cl2NO4S. The zero-order valence-electron chi connectivity index (χ0n) is 14.3. The van der Waals surface area contributed by atoms with E-state index in [4.69, 9.17) is 32.4 Å². The van der Waals surface area contributed by atoms with Crippen LogP contribution >= 0.6 is 23.2 Å². The lowest BCUT2D eigenvalue weighted by Gasteiger charge is -2.05. The van der Waals surface area contributed by atoms with Crippen molar-refractivity contribution < 1.29 is 17.6 Å². The number of nitrogens with zero attached hydrogens (tertiary/aromatic N) is 1. The average molecular weight is 434 g/mol. The third-order valence-corrected chi connectivity index (χ3v) is 6.10. The lowest BCUT2D eigenvalue weighted by Crippen LogP contribution is -2.03. The molecule has 0 aliphatic carbocycles. The van der Waals surface area contributed by atoms with Crippen molar-refractivity contribution in [1.82, 2.24) is 0 Å². The number of furan rings is 1. The molecule has 0 atom stereocenters. The minimum absolute atomic E-state index is 0.0394. The molecule has 0 saturated heterocycles. The van der Waals surface area contributed by atoms with E-state index in [-0.39, 0.29) is 17.3 Å². The molecule has 0 unspecified atom stereocenters. The molecule has 3 aromatic rings. The summed E-state index contributed by atoms with van der Waals surface area (Å²) in [6.07, 6.45) is 1.19. The van der Waals surface area contributed by atoms with E-state index in [1.807, 2.05) is 0 Å². The molecule has 8 heteroatoms. The van der Waals surface area contributed by atoms with Gasteiger partial charge in [-0.05, 0) is 36.4 Å². The first-order valence-corrected chi connectivity index (χ1v) is 10.2. The van der Waals surface area contributed by atoms with Crippen molar-refractivity contribution in [3.8, 4) is 11.8 Å². The Bertz CT molecular complexity index is 1160. The molecule has 0 aliphatic heterocycles. The fourth-order valence-electron chi connectivity index (χ4n) is 2.30. The maximum atomic E-state index is 12.6. The second-order valence-electron chi connectivity index (χ2n) is 5.61. The third-order valence-electron chi connectivity index (χ3n) is 3.68. The molecular weight excluding hydrogens is 421 g/mol. The second-order valence-corrected chi connectivity index (χ2v) is 8.34. The highest BCUT2D eigenvalue weighted by Crippen LogP contribution is 2.27. The highest BCUT2D eigenvalue weighted by Gasteiger charge is 2.21. The normalized spacial score (nSPS) is 11.8. The van der Waals surface area contributed by atoms with Crippen molar-refractivity contribution in [3.05, 3.63) is 87.1 Å². The van der Waals surface area contributed by atoms with Crippen LogP contribution in [0.25, 0.3) is 6.08 Å². The smallest absolute Gasteiger partial charge is 0.216 e. The van der Waals surface area contributed by atoms with Gasteiger partial charge in [0.1, 0.15) is 29.9 Å². The summed E-state index contributed by atoms with van der Waals surface area (Å²) >= 11 is 11.8. The molecule has 0 bridgehead atoms. The van der Waals surface area contributed by atoms with Gasteiger partial charge in [0.2, 0.25) is 9.84 Å². The predicted molar refractivity (Wildman–Crippen MR) is 107 cm³/mol. The van der Waals surface area contributed by atoms with E-state index in [2.05, 4.69) is 0 Å². The van der Waals surface area contributed by atoms with Gasteiger partial charge in [0.15, 0.2) is 4.91 Å². The van der Waals surface area contributed by atoms with Crippen molar-refractivity contribution in [2.75, 3.05) is 0 Å². The summed E-state index contributed by atoms with van der Waals surface area (Å²) < 4.78 is 36.2. The maximum absolute atomic E-state index is 12.6. The van der Waals surface area contributed by atoms with Crippen LogP contribution in [0.4, 0.5) is 0 Å². The Hall–Kier alpha value is -2.72. The van der Waals surface area contributed by atoms with Crippen LogP contribution in [-0.4, -0.2) is 8.42 Å². The molecule has 0 amide bonds. The number of hydrogen-bond acceptors (Lipinski definition) is 5. The van der Waals surface area contributed by atoms with E-state index < -0.39 is 14.7 Å². The summed E-state index contributed by atoms with van der Waals surface area (Å²) in [4.78, 5) is -0.373. The SMILES string of the molecule is N#C/C(=C\c1ccc(COc2ccc(Cl)c(Cl)c2)o1)S(=O)(=O)c1ccccc1. The Balaban J connectivity index is 1.77. The first-order valence-electron chi connectivity index (χ1n) is 7.98. The van der Waals surface area contributed by atoms with E-state index in [1.54, 1.807) is 54.6 Å². The van der Waals surface area contributed by atoms with Gasteiger partial charge in [-0.3, -0.25) is 0 Å². The Morgan fingerprint density at radius 3 is 2.50 bits per heavy atom. The number of halogens is 2. The molecule has 1 heterocycles. The molecule has 142 valence electrons. The number of ether oxygens (including phenoxy) is 1. The van der Waals surface area contributed by atoms with E-state index in [0.29, 0.717) is 21.6 Å². The van der Waals surface area contributed by atoms with Crippen LogP contribution in [0.2, 0.25) is 10.0 Å². The Morgan fingerprint density at radius 1 is 1.07 bits per heavy atom. The van der Waals surface area contributed by atoms with Crippen LogP contribution in [0.3, 0.4) is 0 Å². The van der Waals surface area contributed by atoms with Crippen LogP contribution in [0.5, 0.6) is 5.75 Å². The molecule has 0 radical (unpaired) electrons. The topological polar surface area (TPSA) is 80.3 Å². The zero-order valence-corrected chi connectivity index (χ0v) is 16.6. The van der Waals surface area contributed by atoms with E-state index in [9.17, 15) is 13.7 Å². The molecule has 0 spiro atoms. The number of allylic oxidation sites excluding steroid dienone is 1. The van der Waals surface area contributed by atoms with E-state index >= 15 is 0 Å². The van der Waals surface area contributed by atoms with Crippen LogP contribution in [0.1, 0.15) is 11.5 Å². The third kappa shape index (κ3) is 4.57. The molecule has 0 N–H and O–H groups in total. The average Bonchev–Trinajstić information content (AvgIpc) is 3.15. The van der Waals surface area contributed by atoms with Crippen LogP contribution in [0.15, 0.2) is 74.9 Å². The van der Waals surface area contributed by atoms with Crippen molar-refractivity contribution >= 4 is 39.1 Å². The van der Waals surface area contributed by atoms with Gasteiger partial charge in [0.05, 0.1) is 14.9 Å². The molecule has 0 aliphatic rings. The lowest BCUT2D eigenvalue weighted by atomic mass is 10.3. The second kappa shape index (κ2) is 8.53. The van der Waals surface area contributed by atoms with Gasteiger partial charge in [-0.2, -0.15) is 5.26 Å². The summed E-state index contributed by atoms with van der Waals surface area (Å²) in [5, 5.41) is 10.1. The Morgan fingerprint density at radius 2 is 1.82 bits per heavy atom. The highest BCUT2D eigenvalue weighted by molar-refractivity contribution is 7.95. The van der Waals surface area contributed by atoms with Gasteiger partial charge in [0.25, 0.3) is 0 Å². The largest absolute Gasteiger partial charge is 0.486 e. The molecule has 2 aromatic carbocycles. The van der Waals surface area contributed by atoms with E-state index in [1.165, 1.54) is 18.2 Å². The number of sulfone groups is 1. The van der Waals surface area contributed by atoms with Crippen LogP contribution in [0, 0.1) is 11.3 Å². The lowest BCUT2D eigenvalue weighted by molar-refractivity contribution is 0.269. The number of rotatable bonds is 6. The van der Waals surface area contributed by atoms with Crippen molar-refractivity contribution in [1.29, 1.82) is 5.26 Å². The van der Waals surface area contributed by atoms with Gasteiger partial charge >= 0.3 is 0 Å². The van der Waals surface area contributed by atoms with Gasteiger partial charge in [0, 0.05) is 12.1 Å². The van der Waals surface area contributed by atoms with Crippen LogP contribution in [-0.2, 0) is 16.4 Å². The molecule has 5 nitrogen and oxygen atoms in total. The van der Waals surface area contributed by atoms with E-state index in [0.717, 1.165) is 0 Å². The van der Waals surface area contributed by atoms with Gasteiger partial charge in [-0.1, -0.05) is 41.4 Å². The predicted octanol–water partition coefficient (Wildman–Crippen LogP) is 5.50. The minimum Gasteiger partial charge on any atom is -0.486 e. The summed E-state index contributed by atoms with van der Waals surface area (Å²) in [6, 6.07) is 17.5. The first kappa shape index (κ1) is 20.0. The first-order chi connectivity index (χ1) is 13.4. The maximum Gasteiger partial charge on any atom is 0.216 e. The van der Waals surface area contributed by atoms with Crippen molar-refractivity contribution in [2.45, 2.75) is 11.5 Å². The molecule has 0 saturated carbocycles. The highest BCUT2D eigenvalue weighted by atomic mass is 35.5. The Kier molecular flexibility index (Phi) is 6.10. The number of nitriles is 1. The van der Waals surface area contributed by atoms with Crippen molar-refractivity contribution in [2.24, 2.45) is 0 Å². The molecule has 1 aromatic heterocycles. The summed E-state index contributed by atoms with van der Waals surface area (Å²) in [6.45, 7) is 0.0964. The van der Waals surface area contributed by atoms with Gasteiger partial charge in [-0.25, -0.2) is 8.42 Å². The minimum atomic E-state index is -3.92. The quantitative estimate of drug-likeness (QED) is 0.479. The summed E-state index contributed by atoms with van der Waals surface area (Å²) in [5.41, 5.74) is 0. The molecule has 28 heavy (non-hydrogen) atoms. The zero-order chi connectivity index (χ0) is 20.1. The fourth-order valence-corrected chi connectivity index (χ4v) is 3.75. The monoisotopic (exact) mass is 433 g/mol. The number of hydrogen-bond donors (Lipinski definition) is 0. The summed E-state index contributed by atoms with van der Waals surface area (Å²) in [7, 11) is -3.92. The van der Waals surface area contributed by atoms with Gasteiger partial charge in [-0.15, -0.1) is 0 Å². The summed E-state index contributed by atoms with van der Waals surface area (Å²) in [5.74, 6) is 1.18. The van der Waals surface area contributed by atoms with Gasteiger partial charge < -0.3 is 9.15 Å². The van der Waals surface area contributed by atoms with Crippen LogP contribution < -0.4 is 4.74 Å². The standard InChI is InChI=1S/C20H13Cl2NO4S/c21-19-9-8-14(11-20(19)22)26-13-16-7-6-15(27-16)10-18(12-23)28(24,25)17-4-2-1-3-5-17/h1-11H,13H2/b18-10+. The van der Waals surface area contributed by atoms with Crippen molar-refractivity contribution in [3.63, 3.8) is 0 Å². The fraction of sp³-hybridized carbons (Fsp3) is 0.0500. The molecule has 0 fully saturated rings. The number of benzene rings is 2. The Labute approximate surface area is 172 Å².